The van der Waals surface area contributed by atoms with Gasteiger partial charge in [0.25, 0.3) is 10.0 Å². The molecular weight excluding hydrogens is 487 g/mol. The molecule has 1 saturated carbocycles. The minimum atomic E-state index is -4.28. The van der Waals surface area contributed by atoms with Crippen LogP contribution >= 0.6 is 0 Å². The second-order valence-corrected chi connectivity index (χ2v) is 11.5. The minimum Gasteiger partial charge on any atom is -0.492 e. The minimum absolute atomic E-state index is 0.0323. The van der Waals surface area contributed by atoms with E-state index in [0.29, 0.717) is 19.1 Å². The summed E-state index contributed by atoms with van der Waals surface area (Å²) in [6.45, 7) is 4.85. The molecule has 2 aromatic rings. The van der Waals surface area contributed by atoms with Crippen LogP contribution in [0, 0.1) is 17.7 Å². The van der Waals surface area contributed by atoms with Crippen molar-refractivity contribution in [3.05, 3.63) is 52.8 Å². The largest absolute Gasteiger partial charge is 0.492 e. The predicted molar refractivity (Wildman–Crippen MR) is 131 cm³/mol. The molecule has 1 saturated heterocycles. The van der Waals surface area contributed by atoms with Gasteiger partial charge < -0.3 is 14.7 Å². The molecule has 5 rings (SSSR count). The summed E-state index contributed by atoms with van der Waals surface area (Å²) in [7, 11) is -4.28. The summed E-state index contributed by atoms with van der Waals surface area (Å²) in [5.41, 5.74) is 0.605. The van der Waals surface area contributed by atoms with Gasteiger partial charge in [-0.1, -0.05) is 13.0 Å². The monoisotopic (exact) mass is 516 g/mol. The quantitative estimate of drug-likeness (QED) is 0.523. The second kappa shape index (κ2) is 9.48. The molecule has 0 bridgehead atoms. The van der Waals surface area contributed by atoms with E-state index in [1.165, 1.54) is 6.07 Å². The molecule has 2 heterocycles. The zero-order valence-corrected chi connectivity index (χ0v) is 20.8. The van der Waals surface area contributed by atoms with Crippen LogP contribution in [0.5, 0.6) is 5.75 Å². The lowest BCUT2D eigenvalue weighted by molar-refractivity contribution is -0.122. The van der Waals surface area contributed by atoms with Crippen LogP contribution < -0.4 is 9.46 Å². The summed E-state index contributed by atoms with van der Waals surface area (Å²) in [4.78, 5) is 26.8. The molecule has 2 aliphatic heterocycles. The number of sulfonamides is 1. The normalized spacial score (nSPS) is 22.9. The van der Waals surface area contributed by atoms with Gasteiger partial charge >= 0.3 is 5.97 Å². The number of rotatable bonds is 9. The molecule has 8 nitrogen and oxygen atoms in total. The highest BCUT2D eigenvalue weighted by molar-refractivity contribution is 7.92. The third-order valence-electron chi connectivity index (χ3n) is 7.54. The maximum absolute atomic E-state index is 14.1. The van der Waals surface area contributed by atoms with E-state index in [1.54, 1.807) is 6.07 Å². The van der Waals surface area contributed by atoms with Crippen molar-refractivity contribution in [1.29, 1.82) is 0 Å². The molecule has 10 heteroatoms. The van der Waals surface area contributed by atoms with Crippen molar-refractivity contribution in [2.45, 2.75) is 43.4 Å². The van der Waals surface area contributed by atoms with Crippen molar-refractivity contribution in [3.63, 3.8) is 0 Å². The van der Waals surface area contributed by atoms with Crippen molar-refractivity contribution in [2.75, 3.05) is 31.0 Å². The Kier molecular flexibility index (Phi) is 6.50. The zero-order chi connectivity index (χ0) is 25.6. The number of nitrogens with zero attached hydrogens (tertiary/aromatic N) is 1. The highest BCUT2D eigenvalue weighted by Gasteiger charge is 2.45. The number of aryl methyl sites for hydroxylation is 1. The molecule has 0 radical (unpaired) electrons. The third kappa shape index (κ3) is 4.71. The Morgan fingerprint density at radius 2 is 2.06 bits per heavy atom. The average Bonchev–Trinajstić information content (AvgIpc) is 3.48. The van der Waals surface area contributed by atoms with Crippen LogP contribution in [0.1, 0.15) is 53.6 Å². The van der Waals surface area contributed by atoms with Crippen molar-refractivity contribution < 1.29 is 32.2 Å². The van der Waals surface area contributed by atoms with E-state index < -0.39 is 21.8 Å². The molecule has 192 valence electrons. The lowest BCUT2D eigenvalue weighted by Crippen LogP contribution is -2.23. The van der Waals surface area contributed by atoms with Gasteiger partial charge in [-0.25, -0.2) is 17.6 Å². The summed E-state index contributed by atoms with van der Waals surface area (Å²) < 4.78 is 48.9. The highest BCUT2D eigenvalue weighted by atomic mass is 32.2. The number of aromatic carboxylic acids is 1. The Labute approximate surface area is 209 Å². The summed E-state index contributed by atoms with van der Waals surface area (Å²) in [6, 6.07) is 6.45. The van der Waals surface area contributed by atoms with Crippen LogP contribution in [0.15, 0.2) is 35.2 Å². The van der Waals surface area contributed by atoms with Crippen molar-refractivity contribution in [2.24, 2.45) is 11.8 Å². The first-order valence-electron chi connectivity index (χ1n) is 12.3. The standard InChI is InChI=1S/C26H29FN2O6S/c1-2-29-10-9-16(13-29)22(30)7-3-15-11-18(27)4-8-23(15)36(33,34)28-21-6-5-19-20-12-17(20)14-35-25(19)24(21)26(31)32/h4-6,8,11,16-17,20,28H,2-3,7,9-10,12-14H2,1H3,(H,31,32)/t16-,17?,20?/m0/s1. The van der Waals surface area contributed by atoms with Crippen LogP contribution in [-0.4, -0.2) is 56.4 Å². The zero-order valence-electron chi connectivity index (χ0n) is 20.0. The average molecular weight is 517 g/mol. The molecule has 2 fully saturated rings. The van der Waals surface area contributed by atoms with Crippen molar-refractivity contribution in [3.8, 4) is 5.75 Å². The smallest absolute Gasteiger partial charge is 0.341 e. The Morgan fingerprint density at radius 1 is 1.25 bits per heavy atom. The van der Waals surface area contributed by atoms with E-state index in [1.807, 2.05) is 6.92 Å². The molecule has 1 aliphatic carbocycles. The van der Waals surface area contributed by atoms with E-state index in [-0.39, 0.29) is 57.9 Å². The number of nitrogens with one attached hydrogen (secondary N) is 1. The molecule has 0 amide bonds. The first-order chi connectivity index (χ1) is 17.2. The Hall–Kier alpha value is -2.98. The molecular formula is C26H29FN2O6S. The van der Waals surface area contributed by atoms with Gasteiger partial charge in [0.2, 0.25) is 0 Å². The number of carbonyl (C=O) groups is 2. The molecule has 2 unspecified atom stereocenters. The van der Waals surface area contributed by atoms with Gasteiger partial charge in [0, 0.05) is 24.8 Å². The number of hydrogen-bond donors (Lipinski definition) is 2. The number of benzene rings is 2. The second-order valence-electron chi connectivity index (χ2n) is 9.83. The number of carboxylic acids is 1. The number of ether oxygens (including phenoxy) is 1. The molecule has 2 aromatic carbocycles. The molecule has 0 spiro atoms. The maximum Gasteiger partial charge on any atom is 0.341 e. The van der Waals surface area contributed by atoms with Crippen LogP contribution in [0.4, 0.5) is 10.1 Å². The fourth-order valence-corrected chi connectivity index (χ4v) is 6.72. The number of anilines is 1. The van der Waals surface area contributed by atoms with Gasteiger partial charge in [-0.2, -0.15) is 0 Å². The molecule has 2 N–H and O–H groups in total. The fraction of sp³-hybridized carbons (Fsp3) is 0.462. The number of Topliss-reactive ketones (excluding diaryl/α,β-unsaturated/α-hetero) is 1. The summed E-state index contributed by atoms with van der Waals surface area (Å²) in [6.07, 6.45) is 1.86. The third-order valence-corrected chi connectivity index (χ3v) is 9.00. The van der Waals surface area contributed by atoms with E-state index in [2.05, 4.69) is 9.62 Å². The molecule has 36 heavy (non-hydrogen) atoms. The van der Waals surface area contributed by atoms with E-state index in [4.69, 9.17) is 4.74 Å². The number of fused-ring (bicyclic) bond motifs is 3. The highest BCUT2D eigenvalue weighted by Crippen LogP contribution is 2.55. The van der Waals surface area contributed by atoms with E-state index in [0.717, 1.165) is 49.7 Å². The van der Waals surface area contributed by atoms with Crippen molar-refractivity contribution in [1.82, 2.24) is 4.90 Å². The summed E-state index contributed by atoms with van der Waals surface area (Å²) in [5.74, 6) is -1.16. The number of hydrogen-bond acceptors (Lipinski definition) is 6. The van der Waals surface area contributed by atoms with Gasteiger partial charge in [0.15, 0.2) is 0 Å². The van der Waals surface area contributed by atoms with Crippen molar-refractivity contribution >= 4 is 27.5 Å². The SMILES string of the molecule is CCN1CC[C@H](C(=O)CCc2cc(F)ccc2S(=O)(=O)Nc2ccc3c(c2C(=O)O)OCC2CC32)C1. The lowest BCUT2D eigenvalue weighted by Gasteiger charge is -2.21. The predicted octanol–water partition coefficient (Wildman–Crippen LogP) is 3.66. The number of carboxylic acid groups (broad SMARTS) is 1. The number of carbonyl (C=O) groups excluding carboxylic acids is 1. The van der Waals surface area contributed by atoms with Gasteiger partial charge in [-0.3, -0.25) is 9.52 Å². The Bertz CT molecular complexity index is 1330. The summed E-state index contributed by atoms with van der Waals surface area (Å²) in [5, 5.41) is 9.86. The van der Waals surface area contributed by atoms with Gasteiger partial charge in [0.05, 0.1) is 17.2 Å². The van der Waals surface area contributed by atoms with Crippen LogP contribution in [0.25, 0.3) is 0 Å². The van der Waals surface area contributed by atoms with Crippen LogP contribution in [-0.2, 0) is 21.2 Å². The molecule has 0 aromatic heterocycles. The lowest BCUT2D eigenvalue weighted by atomic mass is 9.97. The maximum atomic E-state index is 14.1. The fourth-order valence-electron chi connectivity index (χ4n) is 5.40. The number of ketones is 1. The number of halogens is 1. The van der Waals surface area contributed by atoms with Gasteiger partial charge in [-0.05, 0) is 73.7 Å². The number of likely N-dealkylation sites (tertiary alicyclic amines) is 1. The van der Waals surface area contributed by atoms with E-state index >= 15 is 0 Å². The van der Waals surface area contributed by atoms with Gasteiger partial charge in [0.1, 0.15) is 22.9 Å². The Morgan fingerprint density at radius 3 is 2.78 bits per heavy atom. The van der Waals surface area contributed by atoms with Crippen LogP contribution in [0.3, 0.4) is 0 Å². The Balaban J connectivity index is 1.39. The van der Waals surface area contributed by atoms with E-state index in [9.17, 15) is 27.5 Å². The topological polar surface area (TPSA) is 113 Å². The van der Waals surface area contributed by atoms with Crippen LogP contribution in [0.2, 0.25) is 0 Å². The first kappa shape index (κ1) is 24.7. The molecule has 3 atom stereocenters. The molecule has 3 aliphatic rings. The first-order valence-corrected chi connectivity index (χ1v) is 13.8. The summed E-state index contributed by atoms with van der Waals surface area (Å²) >= 11 is 0. The van der Waals surface area contributed by atoms with Gasteiger partial charge in [-0.15, -0.1) is 0 Å².